The number of hydrogen-bond acceptors (Lipinski definition) is 3. The van der Waals surface area contributed by atoms with Gasteiger partial charge in [-0.3, -0.25) is 4.79 Å². The van der Waals surface area contributed by atoms with Gasteiger partial charge < -0.3 is 9.73 Å². The number of aryl methyl sites for hydroxylation is 1. The second kappa shape index (κ2) is 5.27. The van der Waals surface area contributed by atoms with Gasteiger partial charge in [0.15, 0.2) is 11.5 Å². The van der Waals surface area contributed by atoms with E-state index in [0.29, 0.717) is 30.7 Å². The summed E-state index contributed by atoms with van der Waals surface area (Å²) < 4.78 is 5.73. The predicted octanol–water partition coefficient (Wildman–Crippen LogP) is 3.01. The maximum absolute atomic E-state index is 12.3. The van der Waals surface area contributed by atoms with Crippen LogP contribution in [0.2, 0.25) is 0 Å². The molecule has 0 radical (unpaired) electrons. The molecule has 1 heterocycles. The molecular weight excluding hydrogens is 276 g/mol. The van der Waals surface area contributed by atoms with Crippen molar-refractivity contribution in [3.05, 3.63) is 41.8 Å². The SMILES string of the molecule is Cc1cccc2oc(CCNC(=O)[C@H]3C[C@H]4C=C[C@H]3C4)nc12. The highest BCUT2D eigenvalue weighted by Crippen LogP contribution is 2.43. The first-order valence-electron chi connectivity index (χ1n) is 8.02. The molecule has 0 saturated heterocycles. The van der Waals surface area contributed by atoms with E-state index < -0.39 is 0 Å². The molecule has 114 valence electrons. The molecule has 2 aliphatic carbocycles. The lowest BCUT2D eigenvalue weighted by Crippen LogP contribution is -2.34. The summed E-state index contributed by atoms with van der Waals surface area (Å²) in [5, 5.41) is 3.04. The van der Waals surface area contributed by atoms with Crippen molar-refractivity contribution < 1.29 is 9.21 Å². The number of benzene rings is 1. The normalized spacial score (nSPS) is 26.0. The largest absolute Gasteiger partial charge is 0.441 e. The average molecular weight is 296 g/mol. The Balaban J connectivity index is 1.35. The van der Waals surface area contributed by atoms with Crippen LogP contribution in [0.4, 0.5) is 0 Å². The van der Waals surface area contributed by atoms with Crippen molar-refractivity contribution in [2.45, 2.75) is 26.2 Å². The Hall–Kier alpha value is -2.10. The van der Waals surface area contributed by atoms with E-state index in [1.54, 1.807) is 0 Å². The molecule has 1 amide bonds. The highest BCUT2D eigenvalue weighted by atomic mass is 16.3. The lowest BCUT2D eigenvalue weighted by molar-refractivity contribution is -0.125. The van der Waals surface area contributed by atoms with Crippen molar-refractivity contribution in [2.75, 3.05) is 6.54 Å². The molecule has 3 atom stereocenters. The Morgan fingerprint density at radius 2 is 2.27 bits per heavy atom. The van der Waals surface area contributed by atoms with Crippen LogP contribution in [-0.4, -0.2) is 17.4 Å². The molecular formula is C18H20N2O2. The first-order chi connectivity index (χ1) is 10.7. The summed E-state index contributed by atoms with van der Waals surface area (Å²) in [6.45, 7) is 2.61. The van der Waals surface area contributed by atoms with Gasteiger partial charge >= 0.3 is 0 Å². The van der Waals surface area contributed by atoms with Crippen LogP contribution < -0.4 is 5.32 Å². The molecule has 0 aliphatic heterocycles. The number of nitrogens with one attached hydrogen (secondary N) is 1. The number of rotatable bonds is 4. The van der Waals surface area contributed by atoms with Crippen LogP contribution in [0.5, 0.6) is 0 Å². The minimum Gasteiger partial charge on any atom is -0.441 e. The Morgan fingerprint density at radius 3 is 3.00 bits per heavy atom. The summed E-state index contributed by atoms with van der Waals surface area (Å²) >= 11 is 0. The van der Waals surface area contributed by atoms with Gasteiger partial charge in [0.1, 0.15) is 5.52 Å². The maximum atomic E-state index is 12.3. The number of para-hydroxylation sites is 1. The Labute approximate surface area is 129 Å². The van der Waals surface area contributed by atoms with Gasteiger partial charge in [-0.15, -0.1) is 0 Å². The fraction of sp³-hybridized carbons (Fsp3) is 0.444. The number of carbonyl (C=O) groups excluding carboxylic acids is 1. The molecule has 22 heavy (non-hydrogen) atoms. The van der Waals surface area contributed by atoms with Gasteiger partial charge in [0.25, 0.3) is 0 Å². The van der Waals surface area contributed by atoms with E-state index in [4.69, 9.17) is 4.42 Å². The fourth-order valence-electron chi connectivity index (χ4n) is 3.74. The van der Waals surface area contributed by atoms with Crippen molar-refractivity contribution in [3.8, 4) is 0 Å². The second-order valence-electron chi connectivity index (χ2n) is 6.46. The zero-order valence-corrected chi connectivity index (χ0v) is 12.7. The third kappa shape index (κ3) is 2.32. The molecule has 4 nitrogen and oxygen atoms in total. The van der Waals surface area contributed by atoms with Crippen molar-refractivity contribution >= 4 is 17.0 Å². The number of nitrogens with zero attached hydrogens (tertiary/aromatic N) is 1. The second-order valence-corrected chi connectivity index (χ2v) is 6.46. The Kier molecular flexibility index (Phi) is 3.25. The van der Waals surface area contributed by atoms with Gasteiger partial charge in [-0.05, 0) is 43.2 Å². The number of hydrogen-bond donors (Lipinski definition) is 1. The first kappa shape index (κ1) is 13.6. The van der Waals surface area contributed by atoms with Gasteiger partial charge in [0, 0.05) is 18.9 Å². The van der Waals surface area contributed by atoms with Crippen molar-refractivity contribution in [2.24, 2.45) is 17.8 Å². The molecule has 1 fully saturated rings. The highest BCUT2D eigenvalue weighted by Gasteiger charge is 2.39. The van der Waals surface area contributed by atoms with Crippen molar-refractivity contribution in [1.29, 1.82) is 0 Å². The molecule has 2 aliphatic rings. The Bertz CT molecular complexity index is 747. The van der Waals surface area contributed by atoms with Crippen LogP contribution in [0.3, 0.4) is 0 Å². The minimum absolute atomic E-state index is 0.167. The summed E-state index contributed by atoms with van der Waals surface area (Å²) in [4.78, 5) is 16.8. The van der Waals surface area contributed by atoms with E-state index >= 15 is 0 Å². The molecule has 0 spiro atoms. The molecule has 1 N–H and O–H groups in total. The minimum atomic E-state index is 0.167. The fourth-order valence-corrected chi connectivity index (χ4v) is 3.74. The summed E-state index contributed by atoms with van der Waals surface area (Å²) in [5.74, 6) is 2.13. The summed E-state index contributed by atoms with van der Waals surface area (Å²) in [5.41, 5.74) is 2.85. The molecule has 4 heteroatoms. The Morgan fingerprint density at radius 1 is 1.36 bits per heavy atom. The number of fused-ring (bicyclic) bond motifs is 3. The summed E-state index contributed by atoms with van der Waals surface area (Å²) in [6.07, 6.45) is 7.27. The molecule has 1 aromatic carbocycles. The third-order valence-electron chi connectivity index (χ3n) is 4.92. The van der Waals surface area contributed by atoms with Gasteiger partial charge in [-0.1, -0.05) is 24.3 Å². The quantitative estimate of drug-likeness (QED) is 0.882. The van der Waals surface area contributed by atoms with Crippen LogP contribution in [0.25, 0.3) is 11.1 Å². The van der Waals surface area contributed by atoms with Crippen LogP contribution in [0, 0.1) is 24.7 Å². The van der Waals surface area contributed by atoms with E-state index in [-0.39, 0.29) is 11.8 Å². The average Bonchev–Trinajstić information content (AvgIpc) is 3.21. The summed E-state index contributed by atoms with van der Waals surface area (Å²) in [7, 11) is 0. The number of allylic oxidation sites excluding steroid dienone is 2. The van der Waals surface area contributed by atoms with Crippen LogP contribution in [-0.2, 0) is 11.2 Å². The van der Waals surface area contributed by atoms with Gasteiger partial charge in [-0.25, -0.2) is 4.98 Å². The summed E-state index contributed by atoms with van der Waals surface area (Å²) in [6, 6.07) is 5.93. The van der Waals surface area contributed by atoms with E-state index in [0.717, 1.165) is 29.5 Å². The molecule has 4 rings (SSSR count). The molecule has 1 aromatic heterocycles. The highest BCUT2D eigenvalue weighted by molar-refractivity contribution is 5.80. The van der Waals surface area contributed by atoms with Crippen LogP contribution in [0.1, 0.15) is 24.3 Å². The molecule has 2 bridgehead atoms. The van der Waals surface area contributed by atoms with Gasteiger partial charge in [-0.2, -0.15) is 0 Å². The topological polar surface area (TPSA) is 55.1 Å². The standard InChI is InChI=1S/C18H20N2O2/c1-11-3-2-4-15-17(11)20-16(22-15)7-8-19-18(21)14-10-12-5-6-13(14)9-12/h2-6,12-14H,7-10H2,1H3,(H,19,21)/t12-,13-,14-/m0/s1. The van der Waals surface area contributed by atoms with Gasteiger partial charge in [0.2, 0.25) is 5.91 Å². The monoisotopic (exact) mass is 296 g/mol. The van der Waals surface area contributed by atoms with Crippen LogP contribution in [0.15, 0.2) is 34.8 Å². The molecule has 0 unspecified atom stereocenters. The number of carbonyl (C=O) groups is 1. The zero-order chi connectivity index (χ0) is 15.1. The van der Waals surface area contributed by atoms with Gasteiger partial charge in [0.05, 0.1) is 0 Å². The van der Waals surface area contributed by atoms with Crippen molar-refractivity contribution in [3.63, 3.8) is 0 Å². The smallest absolute Gasteiger partial charge is 0.223 e. The molecule has 1 saturated carbocycles. The van der Waals surface area contributed by atoms with Crippen molar-refractivity contribution in [1.82, 2.24) is 10.3 Å². The maximum Gasteiger partial charge on any atom is 0.223 e. The van der Waals surface area contributed by atoms with E-state index in [9.17, 15) is 4.79 Å². The lowest BCUT2D eigenvalue weighted by Gasteiger charge is -2.17. The number of oxazole rings is 1. The zero-order valence-electron chi connectivity index (χ0n) is 12.7. The molecule has 2 aromatic rings. The number of aromatic nitrogens is 1. The first-order valence-corrected chi connectivity index (χ1v) is 8.02. The lowest BCUT2D eigenvalue weighted by atomic mass is 9.93. The third-order valence-corrected chi connectivity index (χ3v) is 4.92. The van der Waals surface area contributed by atoms with Crippen LogP contribution >= 0.6 is 0 Å². The van der Waals surface area contributed by atoms with E-state index in [2.05, 4.69) is 22.5 Å². The predicted molar refractivity (Wildman–Crippen MR) is 84.3 cm³/mol. The number of amides is 1. The van der Waals surface area contributed by atoms with E-state index in [1.807, 2.05) is 25.1 Å². The van der Waals surface area contributed by atoms with E-state index in [1.165, 1.54) is 0 Å².